The Morgan fingerprint density at radius 3 is 2.72 bits per heavy atom. The van der Waals surface area contributed by atoms with E-state index in [9.17, 15) is 0 Å². The van der Waals surface area contributed by atoms with Crippen molar-refractivity contribution in [1.82, 2.24) is 0 Å². The van der Waals surface area contributed by atoms with Crippen LogP contribution >= 0.6 is 11.9 Å². The first kappa shape index (κ1) is 17.1. The standard InChI is InChI=1S/C27H21NS/c1-5-11-22-18(7-1)13-15-23-21-10-4-2-9-20(21)17-24(27(22)23)25-16-14-19-8-3-6-12-26(19)29-28-25/h2-4,6-10,12-17,24H,1,5,11H2. The monoisotopic (exact) mass is 391 g/mol. The second kappa shape index (κ2) is 6.89. The Hall–Kier alpha value is -2.84. The number of hydrogen-bond donors (Lipinski definition) is 0. The summed E-state index contributed by atoms with van der Waals surface area (Å²) in [5.41, 5.74) is 5.37. The Labute approximate surface area is 174 Å². The fraction of sp³-hybridized carbons (Fsp3) is 0.148. The van der Waals surface area contributed by atoms with E-state index >= 15 is 0 Å². The summed E-state index contributed by atoms with van der Waals surface area (Å²) in [6.45, 7) is 0. The molecule has 3 aromatic rings. The number of hydrogen-bond acceptors (Lipinski definition) is 2. The molecule has 1 heterocycles. The molecule has 1 nitrogen and oxygen atoms in total. The van der Waals surface area contributed by atoms with Crippen molar-refractivity contribution >= 4 is 35.9 Å². The molecule has 2 heteroatoms. The van der Waals surface area contributed by atoms with Crippen LogP contribution in [-0.4, -0.2) is 5.71 Å². The second-order valence-corrected chi connectivity index (χ2v) is 8.71. The van der Waals surface area contributed by atoms with E-state index in [0.29, 0.717) is 0 Å². The minimum atomic E-state index is 0.194. The van der Waals surface area contributed by atoms with Crippen molar-refractivity contribution in [3.05, 3.63) is 104 Å². The van der Waals surface area contributed by atoms with Gasteiger partial charge in [0.15, 0.2) is 0 Å². The molecule has 0 fully saturated rings. The summed E-state index contributed by atoms with van der Waals surface area (Å²) in [4.78, 5) is 1.22. The highest BCUT2D eigenvalue weighted by Gasteiger charge is 2.24. The van der Waals surface area contributed by atoms with E-state index in [1.54, 1.807) is 11.9 Å². The van der Waals surface area contributed by atoms with Gasteiger partial charge in [-0.2, -0.15) is 0 Å². The number of allylic oxidation sites excluding steroid dienone is 1. The zero-order valence-corrected chi connectivity index (χ0v) is 17.0. The molecule has 0 aromatic heterocycles. The third-order valence-corrected chi connectivity index (χ3v) is 7.09. The summed E-state index contributed by atoms with van der Waals surface area (Å²) in [5, 5.41) is 5.46. The van der Waals surface area contributed by atoms with Gasteiger partial charge in [-0.05, 0) is 69.0 Å². The van der Waals surface area contributed by atoms with E-state index in [-0.39, 0.29) is 5.92 Å². The SMILES string of the molecule is C1=Cc2ccccc2SN=C1C1C=c2ccccc2=c2ccc3c(c21)CCCC=3. The highest BCUT2D eigenvalue weighted by atomic mass is 32.2. The zero-order chi connectivity index (χ0) is 19.2. The van der Waals surface area contributed by atoms with E-state index < -0.39 is 0 Å². The quantitative estimate of drug-likeness (QED) is 0.523. The Kier molecular flexibility index (Phi) is 4.05. The summed E-state index contributed by atoms with van der Waals surface area (Å²) < 4.78 is 5.01. The van der Waals surface area contributed by atoms with Gasteiger partial charge in [-0.25, -0.2) is 4.40 Å². The lowest BCUT2D eigenvalue weighted by Crippen LogP contribution is -2.25. The molecule has 0 radical (unpaired) electrons. The number of fused-ring (bicyclic) bond motifs is 5. The maximum atomic E-state index is 5.01. The molecule has 1 aliphatic heterocycles. The van der Waals surface area contributed by atoms with Crippen molar-refractivity contribution in [2.45, 2.75) is 30.1 Å². The molecule has 29 heavy (non-hydrogen) atoms. The van der Waals surface area contributed by atoms with Gasteiger partial charge in [0, 0.05) is 22.8 Å². The smallest absolute Gasteiger partial charge is 0.0604 e. The maximum absolute atomic E-state index is 5.01. The van der Waals surface area contributed by atoms with Crippen LogP contribution in [0.5, 0.6) is 0 Å². The normalized spacial score (nSPS) is 18.8. The Balaban J connectivity index is 1.63. The predicted octanol–water partition coefficient (Wildman–Crippen LogP) is 5.14. The van der Waals surface area contributed by atoms with Gasteiger partial charge in [0.2, 0.25) is 0 Å². The van der Waals surface area contributed by atoms with Gasteiger partial charge in [-0.1, -0.05) is 72.8 Å². The van der Waals surface area contributed by atoms with Gasteiger partial charge < -0.3 is 0 Å². The summed E-state index contributed by atoms with van der Waals surface area (Å²) in [5.74, 6) is 0.194. The summed E-state index contributed by atoms with van der Waals surface area (Å²) in [7, 11) is 0. The molecular weight excluding hydrogens is 370 g/mol. The lowest BCUT2D eigenvalue weighted by Gasteiger charge is -2.23. The van der Waals surface area contributed by atoms with Crippen LogP contribution in [0.25, 0.3) is 18.2 Å². The number of benzene rings is 3. The molecule has 1 unspecified atom stereocenters. The van der Waals surface area contributed by atoms with Crippen LogP contribution in [0, 0.1) is 10.4 Å². The van der Waals surface area contributed by atoms with Gasteiger partial charge in [0.05, 0.1) is 5.71 Å². The molecule has 0 bridgehead atoms. The highest BCUT2D eigenvalue weighted by Crippen LogP contribution is 2.34. The van der Waals surface area contributed by atoms with E-state index in [1.807, 2.05) is 0 Å². The molecule has 0 saturated carbocycles. The van der Waals surface area contributed by atoms with Crippen LogP contribution in [0.15, 0.2) is 76.0 Å². The van der Waals surface area contributed by atoms with Gasteiger partial charge in [0.25, 0.3) is 0 Å². The van der Waals surface area contributed by atoms with Crippen LogP contribution in [0.1, 0.15) is 35.4 Å². The molecule has 0 spiro atoms. The third-order valence-electron chi connectivity index (χ3n) is 6.22. The molecular formula is C27H21NS. The van der Waals surface area contributed by atoms with Crippen LogP contribution < -0.4 is 10.4 Å². The molecule has 0 amide bonds. The Morgan fingerprint density at radius 2 is 1.72 bits per heavy atom. The van der Waals surface area contributed by atoms with E-state index in [2.05, 4.69) is 85.0 Å². The molecule has 1 atom stereocenters. The van der Waals surface area contributed by atoms with Crippen molar-refractivity contribution in [3.8, 4) is 0 Å². The largest absolute Gasteiger partial charge is 0.215 e. The molecule has 0 saturated heterocycles. The van der Waals surface area contributed by atoms with Crippen LogP contribution in [0.4, 0.5) is 0 Å². The van der Waals surface area contributed by atoms with Crippen LogP contribution in [-0.2, 0) is 6.42 Å². The predicted molar refractivity (Wildman–Crippen MR) is 123 cm³/mol. The third kappa shape index (κ3) is 2.82. The maximum Gasteiger partial charge on any atom is 0.0604 e. The minimum absolute atomic E-state index is 0.194. The average Bonchev–Trinajstić information content (AvgIpc) is 3.01. The van der Waals surface area contributed by atoms with E-state index in [0.717, 1.165) is 12.1 Å². The first-order chi connectivity index (χ1) is 14.4. The topological polar surface area (TPSA) is 12.4 Å². The van der Waals surface area contributed by atoms with Crippen molar-refractivity contribution in [2.75, 3.05) is 0 Å². The summed E-state index contributed by atoms with van der Waals surface area (Å²) >= 11 is 1.60. The number of rotatable bonds is 1. The molecule has 2 aliphatic carbocycles. The van der Waals surface area contributed by atoms with Crippen LogP contribution in [0.3, 0.4) is 0 Å². The molecule has 140 valence electrons. The van der Waals surface area contributed by atoms with Crippen LogP contribution in [0.2, 0.25) is 0 Å². The van der Waals surface area contributed by atoms with Gasteiger partial charge >= 0.3 is 0 Å². The van der Waals surface area contributed by atoms with E-state index in [4.69, 9.17) is 4.40 Å². The first-order valence-corrected chi connectivity index (χ1v) is 11.1. The Bertz CT molecular complexity index is 1410. The zero-order valence-electron chi connectivity index (χ0n) is 16.1. The second-order valence-electron chi connectivity index (χ2n) is 7.90. The minimum Gasteiger partial charge on any atom is -0.215 e. The van der Waals surface area contributed by atoms with Crippen molar-refractivity contribution in [3.63, 3.8) is 0 Å². The van der Waals surface area contributed by atoms with Gasteiger partial charge in [0.1, 0.15) is 0 Å². The lowest BCUT2D eigenvalue weighted by atomic mass is 9.80. The van der Waals surface area contributed by atoms with Crippen molar-refractivity contribution in [2.24, 2.45) is 4.40 Å². The summed E-state index contributed by atoms with van der Waals surface area (Å²) in [6, 6.07) is 21.9. The number of nitrogens with zero attached hydrogens (tertiary/aromatic N) is 1. The molecule has 3 aromatic carbocycles. The Morgan fingerprint density at radius 1 is 0.828 bits per heavy atom. The fourth-order valence-corrected chi connectivity index (χ4v) is 5.59. The molecule has 3 aliphatic rings. The van der Waals surface area contributed by atoms with Gasteiger partial charge in [-0.15, -0.1) is 0 Å². The summed E-state index contributed by atoms with van der Waals surface area (Å²) in [6.07, 6.45) is 12.9. The van der Waals surface area contributed by atoms with E-state index in [1.165, 1.54) is 55.3 Å². The van der Waals surface area contributed by atoms with Gasteiger partial charge in [-0.3, -0.25) is 0 Å². The molecule has 0 N–H and O–H groups in total. The highest BCUT2D eigenvalue weighted by molar-refractivity contribution is 7.98. The fourth-order valence-electron chi connectivity index (χ4n) is 4.83. The van der Waals surface area contributed by atoms with Crippen molar-refractivity contribution in [1.29, 1.82) is 0 Å². The average molecular weight is 392 g/mol. The lowest BCUT2D eigenvalue weighted by molar-refractivity contribution is 0.820. The molecule has 6 rings (SSSR count). The first-order valence-electron chi connectivity index (χ1n) is 10.3. The van der Waals surface area contributed by atoms with Crippen molar-refractivity contribution < 1.29 is 0 Å².